The van der Waals surface area contributed by atoms with E-state index in [1.807, 2.05) is 13.2 Å². The zero-order valence-corrected chi connectivity index (χ0v) is 11.8. The highest BCUT2D eigenvalue weighted by Crippen LogP contribution is 2.24. The molecular formula is C11H11IN4O2. The molecular weight excluding hydrogens is 347 g/mol. The van der Waals surface area contributed by atoms with E-state index in [-0.39, 0.29) is 5.69 Å². The van der Waals surface area contributed by atoms with Crippen LogP contribution in [0.4, 0.5) is 11.4 Å². The van der Waals surface area contributed by atoms with Gasteiger partial charge >= 0.3 is 0 Å². The molecule has 2 rings (SSSR count). The number of aromatic nitrogens is 2. The van der Waals surface area contributed by atoms with Crippen molar-refractivity contribution in [3.8, 4) is 0 Å². The predicted molar refractivity (Wildman–Crippen MR) is 76.3 cm³/mol. The Morgan fingerprint density at radius 1 is 1.56 bits per heavy atom. The minimum absolute atomic E-state index is 0.103. The van der Waals surface area contributed by atoms with Crippen LogP contribution in [0.1, 0.15) is 5.56 Å². The molecule has 0 amide bonds. The molecule has 2 aromatic rings. The fourth-order valence-electron chi connectivity index (χ4n) is 1.52. The lowest BCUT2D eigenvalue weighted by atomic mass is 10.2. The van der Waals surface area contributed by atoms with E-state index in [2.05, 4.69) is 33.0 Å². The highest BCUT2D eigenvalue weighted by atomic mass is 127. The van der Waals surface area contributed by atoms with Gasteiger partial charge in [0.1, 0.15) is 0 Å². The van der Waals surface area contributed by atoms with Crippen molar-refractivity contribution in [2.75, 3.05) is 5.32 Å². The molecule has 0 aliphatic carbocycles. The second-order valence-electron chi connectivity index (χ2n) is 3.80. The maximum Gasteiger partial charge on any atom is 0.270 e. The van der Waals surface area contributed by atoms with E-state index in [4.69, 9.17) is 0 Å². The summed E-state index contributed by atoms with van der Waals surface area (Å²) in [6.45, 7) is 0.641. The Morgan fingerprint density at radius 2 is 2.33 bits per heavy atom. The Hall–Kier alpha value is -1.64. The van der Waals surface area contributed by atoms with Gasteiger partial charge in [-0.3, -0.25) is 14.8 Å². The second kappa shape index (κ2) is 5.34. The lowest BCUT2D eigenvalue weighted by Gasteiger charge is -2.06. The molecule has 0 radical (unpaired) electrons. The summed E-state index contributed by atoms with van der Waals surface area (Å²) in [5, 5.41) is 17.9. The average molecular weight is 358 g/mol. The first kappa shape index (κ1) is 12.8. The summed E-state index contributed by atoms with van der Waals surface area (Å²) in [5.74, 6) is 0. The quantitative estimate of drug-likeness (QED) is 0.518. The zero-order chi connectivity index (χ0) is 13.1. The minimum Gasteiger partial charge on any atom is -0.380 e. The van der Waals surface area contributed by atoms with Crippen molar-refractivity contribution < 1.29 is 4.92 Å². The van der Waals surface area contributed by atoms with Crippen molar-refractivity contribution in [3.63, 3.8) is 0 Å². The summed E-state index contributed by atoms with van der Waals surface area (Å²) >= 11 is 2.08. The highest BCUT2D eigenvalue weighted by Gasteiger charge is 2.08. The largest absolute Gasteiger partial charge is 0.380 e. The number of nitrogens with zero attached hydrogens (tertiary/aromatic N) is 3. The van der Waals surface area contributed by atoms with Gasteiger partial charge in [0.15, 0.2) is 0 Å². The van der Waals surface area contributed by atoms with E-state index in [0.29, 0.717) is 6.54 Å². The molecule has 0 bridgehead atoms. The van der Waals surface area contributed by atoms with Gasteiger partial charge in [-0.25, -0.2) is 0 Å². The van der Waals surface area contributed by atoms with Crippen LogP contribution in [0.15, 0.2) is 30.6 Å². The van der Waals surface area contributed by atoms with Gasteiger partial charge in [0.25, 0.3) is 5.69 Å². The number of benzene rings is 1. The van der Waals surface area contributed by atoms with Crippen LogP contribution in [0.3, 0.4) is 0 Å². The molecule has 0 aliphatic rings. The summed E-state index contributed by atoms with van der Waals surface area (Å²) in [6.07, 6.45) is 3.70. The third-order valence-corrected chi connectivity index (χ3v) is 3.30. The van der Waals surface area contributed by atoms with Gasteiger partial charge in [-0.05, 0) is 28.7 Å². The van der Waals surface area contributed by atoms with Gasteiger partial charge in [-0.2, -0.15) is 5.10 Å². The van der Waals surface area contributed by atoms with Gasteiger partial charge in [-0.15, -0.1) is 0 Å². The molecule has 0 aliphatic heterocycles. The van der Waals surface area contributed by atoms with Gasteiger partial charge in [0, 0.05) is 46.7 Å². The molecule has 0 unspecified atom stereocenters. The standard InChI is InChI=1S/C11H11IN4O2/c1-15-7-8(6-14-15)5-13-11-3-2-9(16(17)18)4-10(11)12/h2-4,6-7,13H,5H2,1H3. The summed E-state index contributed by atoms with van der Waals surface area (Å²) in [5.41, 5.74) is 2.04. The van der Waals surface area contributed by atoms with Crippen LogP contribution in [-0.2, 0) is 13.6 Å². The van der Waals surface area contributed by atoms with Crippen LogP contribution in [-0.4, -0.2) is 14.7 Å². The third kappa shape index (κ3) is 2.97. The molecule has 94 valence electrons. The summed E-state index contributed by atoms with van der Waals surface area (Å²) in [7, 11) is 1.86. The number of nitro benzene ring substituents is 1. The Kier molecular flexibility index (Phi) is 3.80. The van der Waals surface area contributed by atoms with Gasteiger partial charge < -0.3 is 5.32 Å². The Morgan fingerprint density at radius 3 is 2.89 bits per heavy atom. The molecule has 0 saturated heterocycles. The fraction of sp³-hybridized carbons (Fsp3) is 0.182. The van der Waals surface area contributed by atoms with Crippen molar-refractivity contribution in [3.05, 3.63) is 49.8 Å². The van der Waals surface area contributed by atoms with Gasteiger partial charge in [0.2, 0.25) is 0 Å². The number of halogens is 1. The molecule has 0 atom stereocenters. The van der Waals surface area contributed by atoms with E-state index < -0.39 is 4.92 Å². The third-order valence-electron chi connectivity index (χ3n) is 2.40. The monoisotopic (exact) mass is 358 g/mol. The Balaban J connectivity index is 2.08. The first-order valence-corrected chi connectivity index (χ1v) is 6.29. The predicted octanol–water partition coefficient (Wildman–Crippen LogP) is 2.55. The molecule has 1 aromatic heterocycles. The highest BCUT2D eigenvalue weighted by molar-refractivity contribution is 14.1. The smallest absolute Gasteiger partial charge is 0.270 e. The molecule has 6 nitrogen and oxygen atoms in total. The Bertz CT molecular complexity index is 582. The molecule has 0 saturated carbocycles. The number of anilines is 1. The van der Waals surface area contributed by atoms with E-state index in [9.17, 15) is 10.1 Å². The zero-order valence-electron chi connectivity index (χ0n) is 9.63. The maximum absolute atomic E-state index is 10.6. The lowest BCUT2D eigenvalue weighted by Crippen LogP contribution is -2.01. The topological polar surface area (TPSA) is 73.0 Å². The second-order valence-corrected chi connectivity index (χ2v) is 4.96. The molecule has 18 heavy (non-hydrogen) atoms. The van der Waals surface area contributed by atoms with Crippen molar-refractivity contribution in [2.45, 2.75) is 6.54 Å². The molecule has 1 heterocycles. The summed E-state index contributed by atoms with van der Waals surface area (Å²) in [4.78, 5) is 10.2. The number of rotatable bonds is 4. The van der Waals surface area contributed by atoms with Crippen LogP contribution in [0.25, 0.3) is 0 Å². The first-order chi connectivity index (χ1) is 8.56. The number of hydrogen-bond donors (Lipinski definition) is 1. The Labute approximate surface area is 117 Å². The molecule has 1 aromatic carbocycles. The first-order valence-electron chi connectivity index (χ1n) is 5.21. The molecule has 7 heteroatoms. The van der Waals surface area contributed by atoms with Crippen molar-refractivity contribution in [1.82, 2.24) is 9.78 Å². The van der Waals surface area contributed by atoms with Crippen molar-refractivity contribution in [1.29, 1.82) is 0 Å². The molecule has 0 fully saturated rings. The normalized spacial score (nSPS) is 10.3. The van der Waals surface area contributed by atoms with Crippen molar-refractivity contribution >= 4 is 34.0 Å². The number of hydrogen-bond acceptors (Lipinski definition) is 4. The SMILES string of the molecule is Cn1cc(CNc2ccc([N+](=O)[O-])cc2I)cn1. The van der Waals surface area contributed by atoms with E-state index in [0.717, 1.165) is 14.8 Å². The van der Waals surface area contributed by atoms with E-state index >= 15 is 0 Å². The van der Waals surface area contributed by atoms with Crippen LogP contribution in [0.5, 0.6) is 0 Å². The van der Waals surface area contributed by atoms with Crippen molar-refractivity contribution in [2.24, 2.45) is 7.05 Å². The summed E-state index contributed by atoms with van der Waals surface area (Å²) < 4.78 is 2.56. The minimum atomic E-state index is -0.396. The van der Waals surface area contributed by atoms with E-state index in [1.54, 1.807) is 23.0 Å². The average Bonchev–Trinajstić information content (AvgIpc) is 2.73. The number of nitro groups is 1. The fourth-order valence-corrected chi connectivity index (χ4v) is 2.21. The van der Waals surface area contributed by atoms with Crippen LogP contribution in [0.2, 0.25) is 0 Å². The number of nitrogens with one attached hydrogen (secondary N) is 1. The molecule has 1 N–H and O–H groups in total. The van der Waals surface area contributed by atoms with Crippen LogP contribution < -0.4 is 5.32 Å². The van der Waals surface area contributed by atoms with Gasteiger partial charge in [-0.1, -0.05) is 0 Å². The lowest BCUT2D eigenvalue weighted by molar-refractivity contribution is -0.384. The number of non-ortho nitro benzene ring substituents is 1. The molecule has 0 spiro atoms. The maximum atomic E-state index is 10.6. The van der Waals surface area contributed by atoms with Crippen LogP contribution >= 0.6 is 22.6 Å². The van der Waals surface area contributed by atoms with Crippen LogP contribution in [0, 0.1) is 13.7 Å². The van der Waals surface area contributed by atoms with E-state index in [1.165, 1.54) is 6.07 Å². The van der Waals surface area contributed by atoms with Gasteiger partial charge in [0.05, 0.1) is 11.1 Å². The number of aryl methyl sites for hydroxylation is 1. The summed E-state index contributed by atoms with van der Waals surface area (Å²) in [6, 6.07) is 4.76.